The summed E-state index contributed by atoms with van der Waals surface area (Å²) in [4.78, 5) is 24.2. The highest BCUT2D eigenvalue weighted by Crippen LogP contribution is 2.32. The van der Waals surface area contributed by atoms with Gasteiger partial charge in [0.15, 0.2) is 11.5 Å². The Kier molecular flexibility index (Phi) is 6.94. The number of H-pyrrole nitrogens is 2. The van der Waals surface area contributed by atoms with E-state index in [-0.39, 0.29) is 12.2 Å². The predicted molar refractivity (Wildman–Crippen MR) is 163 cm³/mol. The van der Waals surface area contributed by atoms with Gasteiger partial charge in [-0.25, -0.2) is 22.8 Å². The predicted octanol–water partition coefficient (Wildman–Crippen LogP) is 4.95. The van der Waals surface area contributed by atoms with Crippen molar-refractivity contribution in [3.63, 3.8) is 0 Å². The summed E-state index contributed by atoms with van der Waals surface area (Å²) in [5.41, 5.74) is 7.15. The van der Waals surface area contributed by atoms with E-state index in [1.54, 1.807) is 24.5 Å². The van der Waals surface area contributed by atoms with Gasteiger partial charge in [-0.1, -0.05) is 0 Å². The van der Waals surface area contributed by atoms with Gasteiger partial charge >= 0.3 is 0 Å². The number of nitrogens with zero attached hydrogens (tertiary/aromatic N) is 6. The monoisotopic (exact) mass is 596 g/mol. The molecule has 10 nitrogen and oxygen atoms in total. The zero-order chi connectivity index (χ0) is 29.6. The number of benzene rings is 1. The molecule has 1 aliphatic heterocycles. The molecule has 218 valence electrons. The smallest absolute Gasteiger partial charge is 0.181 e. The van der Waals surface area contributed by atoms with Crippen LogP contribution in [-0.2, 0) is 22.8 Å². The fourth-order valence-corrected chi connectivity index (χ4v) is 6.28. The van der Waals surface area contributed by atoms with Gasteiger partial charge in [-0.3, -0.25) is 20.0 Å². The first-order valence-corrected chi connectivity index (χ1v) is 16.2. The molecule has 1 aromatic carbocycles. The number of nitrogens with one attached hydrogen (secondary N) is 2. The first kappa shape index (κ1) is 27.3. The SMILES string of the molecule is CS(=O)(=O)CCc1cc(F)cc(-c2nccc3[nH]c(-c4[nH]nc5ncc(-c6cncc(CN7CCCC7)c6)cc45)nc23)c1. The second kappa shape index (κ2) is 10.9. The van der Waals surface area contributed by atoms with E-state index in [0.717, 1.165) is 36.1 Å². The van der Waals surface area contributed by atoms with E-state index in [4.69, 9.17) is 4.98 Å². The molecule has 0 amide bonds. The molecule has 7 rings (SSSR count). The van der Waals surface area contributed by atoms with E-state index in [1.165, 1.54) is 36.8 Å². The Balaban J connectivity index is 1.24. The van der Waals surface area contributed by atoms with Gasteiger partial charge in [-0.05, 0) is 79.9 Å². The van der Waals surface area contributed by atoms with Crippen molar-refractivity contribution in [2.24, 2.45) is 0 Å². The van der Waals surface area contributed by atoms with Crippen LogP contribution >= 0.6 is 0 Å². The maximum absolute atomic E-state index is 14.6. The van der Waals surface area contributed by atoms with Crippen LogP contribution in [0.4, 0.5) is 4.39 Å². The Morgan fingerprint density at radius 1 is 0.953 bits per heavy atom. The number of likely N-dealkylation sites (tertiary alicyclic amines) is 1. The fraction of sp³-hybridized carbons (Fsp3) is 0.258. The lowest BCUT2D eigenvalue weighted by Crippen LogP contribution is -2.18. The number of hydrogen-bond donors (Lipinski definition) is 2. The molecule has 0 spiro atoms. The molecule has 5 aromatic heterocycles. The average Bonchev–Trinajstić information content (AvgIpc) is 3.75. The Morgan fingerprint density at radius 2 is 1.77 bits per heavy atom. The number of pyridine rings is 3. The van der Waals surface area contributed by atoms with E-state index in [9.17, 15) is 12.8 Å². The molecule has 1 saturated heterocycles. The van der Waals surface area contributed by atoms with Gasteiger partial charge in [-0.15, -0.1) is 0 Å². The van der Waals surface area contributed by atoms with E-state index in [0.29, 0.717) is 45.0 Å². The first-order chi connectivity index (χ1) is 20.8. The minimum atomic E-state index is -3.19. The molecule has 0 atom stereocenters. The van der Waals surface area contributed by atoms with Crippen molar-refractivity contribution in [3.8, 4) is 33.9 Å². The third kappa shape index (κ3) is 5.75. The third-order valence-electron chi connectivity index (χ3n) is 7.77. The van der Waals surface area contributed by atoms with Gasteiger partial charge in [0, 0.05) is 54.3 Å². The summed E-state index contributed by atoms with van der Waals surface area (Å²) >= 11 is 0. The Morgan fingerprint density at radius 3 is 2.60 bits per heavy atom. The van der Waals surface area contributed by atoms with Crippen LogP contribution in [0.5, 0.6) is 0 Å². The van der Waals surface area contributed by atoms with Crippen LogP contribution in [0.3, 0.4) is 0 Å². The van der Waals surface area contributed by atoms with Crippen LogP contribution < -0.4 is 0 Å². The van der Waals surface area contributed by atoms with E-state index >= 15 is 0 Å². The maximum atomic E-state index is 14.6. The van der Waals surface area contributed by atoms with Crippen LogP contribution in [0.15, 0.2) is 61.2 Å². The summed E-state index contributed by atoms with van der Waals surface area (Å²) < 4.78 is 37.9. The molecule has 6 aromatic rings. The number of aromatic amines is 2. The third-order valence-corrected chi connectivity index (χ3v) is 8.72. The molecule has 0 unspecified atom stereocenters. The molecule has 0 bridgehead atoms. The summed E-state index contributed by atoms with van der Waals surface area (Å²) in [7, 11) is -3.19. The number of aryl methyl sites for hydroxylation is 1. The maximum Gasteiger partial charge on any atom is 0.181 e. The Bertz CT molecular complexity index is 2080. The van der Waals surface area contributed by atoms with Gasteiger partial charge < -0.3 is 4.98 Å². The molecular formula is C31H29FN8O2S. The van der Waals surface area contributed by atoms with E-state index < -0.39 is 15.7 Å². The van der Waals surface area contributed by atoms with Crippen molar-refractivity contribution in [3.05, 3.63) is 78.1 Å². The van der Waals surface area contributed by atoms with Crippen LogP contribution in [0, 0.1) is 5.82 Å². The van der Waals surface area contributed by atoms with Crippen LogP contribution in [0.2, 0.25) is 0 Å². The Hall–Kier alpha value is -4.55. The molecule has 0 saturated carbocycles. The summed E-state index contributed by atoms with van der Waals surface area (Å²) in [5, 5.41) is 8.27. The van der Waals surface area contributed by atoms with Crippen LogP contribution in [-0.4, -0.2) is 73.5 Å². The number of halogens is 1. The van der Waals surface area contributed by atoms with Crippen LogP contribution in [0.25, 0.3) is 56.0 Å². The second-order valence-corrected chi connectivity index (χ2v) is 13.4. The standard InChI is InChI=1S/C31H29FN8O2S/c1-43(41,42)9-5-19-10-21(13-24(32)12-19)27-29-26(4-6-34-27)36-31(37-29)28-25-14-23(17-35-30(25)39-38-28)22-11-20(15-33-16-22)18-40-7-2-3-8-40/h4,6,10-17H,2-3,5,7-9,18H2,1H3,(H,36,37)(H,35,38,39). The minimum absolute atomic E-state index is 0.0677. The number of aromatic nitrogens is 7. The molecular weight excluding hydrogens is 567 g/mol. The Labute approximate surface area is 247 Å². The number of imidazole rings is 1. The van der Waals surface area contributed by atoms with Crippen molar-refractivity contribution in [1.29, 1.82) is 0 Å². The van der Waals surface area contributed by atoms with Crippen molar-refractivity contribution >= 4 is 31.9 Å². The van der Waals surface area contributed by atoms with Gasteiger partial charge in [0.25, 0.3) is 0 Å². The van der Waals surface area contributed by atoms with Gasteiger partial charge in [-0.2, -0.15) is 5.10 Å². The average molecular weight is 597 g/mol. The van der Waals surface area contributed by atoms with E-state index in [1.807, 2.05) is 18.5 Å². The molecule has 1 fully saturated rings. The topological polar surface area (TPSA) is 133 Å². The quantitative estimate of drug-likeness (QED) is 0.252. The highest BCUT2D eigenvalue weighted by molar-refractivity contribution is 7.90. The number of sulfone groups is 1. The lowest BCUT2D eigenvalue weighted by atomic mass is 10.0. The summed E-state index contributed by atoms with van der Waals surface area (Å²) in [6, 6.07) is 10.5. The summed E-state index contributed by atoms with van der Waals surface area (Å²) in [5.74, 6) is 0.00922. The normalized spacial score (nSPS) is 14.3. The molecule has 6 heterocycles. The molecule has 0 aliphatic carbocycles. The number of rotatable bonds is 8. The summed E-state index contributed by atoms with van der Waals surface area (Å²) in [6.45, 7) is 3.12. The molecule has 43 heavy (non-hydrogen) atoms. The molecule has 0 radical (unpaired) electrons. The molecule has 2 N–H and O–H groups in total. The van der Waals surface area contributed by atoms with Crippen molar-refractivity contribution in [2.45, 2.75) is 25.8 Å². The van der Waals surface area contributed by atoms with Crippen molar-refractivity contribution < 1.29 is 12.8 Å². The van der Waals surface area contributed by atoms with Crippen molar-refractivity contribution in [2.75, 3.05) is 25.1 Å². The van der Waals surface area contributed by atoms with Gasteiger partial charge in [0.05, 0.1) is 22.3 Å². The second-order valence-electron chi connectivity index (χ2n) is 11.1. The largest absolute Gasteiger partial charge is 0.337 e. The van der Waals surface area contributed by atoms with E-state index in [2.05, 4.69) is 41.1 Å². The van der Waals surface area contributed by atoms with Gasteiger partial charge in [0.1, 0.15) is 26.9 Å². The summed E-state index contributed by atoms with van der Waals surface area (Å²) in [6.07, 6.45) is 11.1. The number of fused-ring (bicyclic) bond motifs is 2. The number of hydrogen-bond acceptors (Lipinski definition) is 8. The molecule has 12 heteroatoms. The highest BCUT2D eigenvalue weighted by atomic mass is 32.2. The minimum Gasteiger partial charge on any atom is -0.337 e. The van der Waals surface area contributed by atoms with Crippen molar-refractivity contribution in [1.82, 2.24) is 40.0 Å². The lowest BCUT2D eigenvalue weighted by Gasteiger charge is -2.14. The van der Waals surface area contributed by atoms with Crippen LogP contribution in [0.1, 0.15) is 24.0 Å². The first-order valence-electron chi connectivity index (χ1n) is 14.1. The zero-order valence-corrected chi connectivity index (χ0v) is 24.3. The molecule has 1 aliphatic rings. The van der Waals surface area contributed by atoms with Gasteiger partial charge in [0.2, 0.25) is 0 Å². The zero-order valence-electron chi connectivity index (χ0n) is 23.5. The highest BCUT2D eigenvalue weighted by Gasteiger charge is 2.18. The fourth-order valence-electron chi connectivity index (χ4n) is 5.67. The lowest BCUT2D eigenvalue weighted by molar-refractivity contribution is 0.331.